The molecular weight excluding hydrogens is 371 g/mol. The molecule has 1 heterocycles. The van der Waals surface area contributed by atoms with Crippen LogP contribution < -0.4 is 10.6 Å². The van der Waals surface area contributed by atoms with E-state index in [9.17, 15) is 19.2 Å². The molecule has 2 N–H and O–H groups in total. The van der Waals surface area contributed by atoms with E-state index in [1.807, 2.05) is 0 Å². The number of hydrogen-bond donors (Lipinski definition) is 2. The van der Waals surface area contributed by atoms with Gasteiger partial charge < -0.3 is 15.5 Å². The lowest BCUT2D eigenvalue weighted by atomic mass is 9.61. The lowest BCUT2D eigenvalue weighted by Gasteiger charge is -2.54. The summed E-state index contributed by atoms with van der Waals surface area (Å²) in [5.41, 5.74) is 0.212. The van der Waals surface area contributed by atoms with Gasteiger partial charge >= 0.3 is 0 Å². The van der Waals surface area contributed by atoms with E-state index in [1.54, 1.807) is 4.90 Å². The molecular formula is C22H27FN4O2. The normalized spacial score (nSPS) is 30.8. The van der Waals surface area contributed by atoms with Gasteiger partial charge in [-0.15, -0.1) is 0 Å². The monoisotopic (exact) mass is 398 g/mol. The molecule has 2 bridgehead atoms. The third kappa shape index (κ3) is 3.99. The Balaban J connectivity index is 1.31. The molecule has 2 amide bonds. The smallest absolute Gasteiger partial charge is 0.251 e. The summed E-state index contributed by atoms with van der Waals surface area (Å²) < 4.78 is 13.1. The molecule has 1 atom stereocenters. The highest BCUT2D eigenvalue weighted by molar-refractivity contribution is 5.94. The summed E-state index contributed by atoms with van der Waals surface area (Å²) in [6.07, 6.45) is 6.99. The average Bonchev–Trinajstić information content (AvgIpc) is 3.23. The lowest BCUT2D eigenvalue weighted by Crippen LogP contribution is -2.63. The molecule has 29 heavy (non-hydrogen) atoms. The maximum atomic E-state index is 13.1. The van der Waals surface area contributed by atoms with Gasteiger partial charge in [0.05, 0.1) is 12.6 Å². The van der Waals surface area contributed by atoms with E-state index in [0.29, 0.717) is 12.1 Å². The first-order chi connectivity index (χ1) is 13.9. The van der Waals surface area contributed by atoms with Crippen LogP contribution in [0.4, 0.5) is 4.39 Å². The number of carbonyl (C=O) groups excluding carboxylic acids is 2. The van der Waals surface area contributed by atoms with Crippen LogP contribution in [0.2, 0.25) is 0 Å². The Labute approximate surface area is 170 Å². The van der Waals surface area contributed by atoms with Crippen molar-refractivity contribution in [2.75, 3.05) is 13.1 Å². The minimum absolute atomic E-state index is 0.00967. The molecule has 3 aliphatic carbocycles. The van der Waals surface area contributed by atoms with Crippen molar-refractivity contribution in [3.8, 4) is 6.07 Å². The van der Waals surface area contributed by atoms with Gasteiger partial charge in [0.25, 0.3) is 5.91 Å². The van der Waals surface area contributed by atoms with Crippen LogP contribution in [0.5, 0.6) is 0 Å². The molecule has 4 aliphatic rings. The molecule has 6 nitrogen and oxygen atoms in total. The number of nitrogens with one attached hydrogen (secondary N) is 2. The second-order valence-electron chi connectivity index (χ2n) is 8.75. The summed E-state index contributed by atoms with van der Waals surface area (Å²) in [6.45, 7) is 0.942. The zero-order valence-corrected chi connectivity index (χ0v) is 16.5. The first-order valence-electron chi connectivity index (χ1n) is 10.5. The molecule has 7 heteroatoms. The quantitative estimate of drug-likeness (QED) is 0.798. The number of amides is 2. The molecule has 0 radical (unpaired) electrons. The molecule has 0 unspecified atom stereocenters. The van der Waals surface area contributed by atoms with Gasteiger partial charge in [-0.25, -0.2) is 4.39 Å². The fourth-order valence-electron chi connectivity index (χ4n) is 5.12. The summed E-state index contributed by atoms with van der Waals surface area (Å²) in [7, 11) is 0. The largest absolute Gasteiger partial charge is 0.347 e. The SMILES string of the molecule is N#C[C@@H]1CCCN1C(=O)CNC12CCC(NC(=O)c3ccc(F)cc3)(CC1)CC2. The number of nitrogens with zero attached hydrogens (tertiary/aromatic N) is 2. The molecule has 5 rings (SSSR count). The minimum Gasteiger partial charge on any atom is -0.347 e. The highest BCUT2D eigenvalue weighted by atomic mass is 19.1. The standard InChI is InChI=1S/C22H27FN4O2/c23-17-5-3-16(4-6-17)20(29)26-22-10-7-21(8-11-22,9-12-22)25-15-19(28)27-13-1-2-18(27)14-24/h3-6,18,25H,1-2,7-13,15H2,(H,26,29)/t18-,21?,22?/m0/s1. The molecule has 0 spiro atoms. The summed E-state index contributed by atoms with van der Waals surface area (Å²) in [5, 5.41) is 15.9. The van der Waals surface area contributed by atoms with Crippen molar-refractivity contribution in [2.45, 2.75) is 68.5 Å². The summed E-state index contributed by atoms with van der Waals surface area (Å²) in [6, 6.07) is 7.57. The van der Waals surface area contributed by atoms with E-state index >= 15 is 0 Å². The van der Waals surface area contributed by atoms with E-state index in [2.05, 4.69) is 16.7 Å². The third-order valence-corrected chi connectivity index (χ3v) is 7.07. The third-order valence-electron chi connectivity index (χ3n) is 7.07. The molecule has 4 fully saturated rings. The second kappa shape index (κ2) is 7.75. The lowest BCUT2D eigenvalue weighted by molar-refractivity contribution is -0.130. The van der Waals surface area contributed by atoms with Crippen LogP contribution in [-0.4, -0.2) is 46.9 Å². The summed E-state index contributed by atoms with van der Waals surface area (Å²) >= 11 is 0. The molecule has 0 aromatic heterocycles. The first-order valence-corrected chi connectivity index (χ1v) is 10.5. The molecule has 1 aromatic carbocycles. The van der Waals surface area contributed by atoms with Crippen LogP contribution in [0.1, 0.15) is 61.7 Å². The van der Waals surface area contributed by atoms with Crippen LogP contribution >= 0.6 is 0 Å². The molecule has 154 valence electrons. The Hall–Kier alpha value is -2.46. The Morgan fingerprint density at radius 1 is 1.10 bits per heavy atom. The molecule has 1 aliphatic heterocycles. The number of rotatable bonds is 5. The second-order valence-corrected chi connectivity index (χ2v) is 8.75. The number of fused-ring (bicyclic) bond motifs is 3. The van der Waals surface area contributed by atoms with Crippen LogP contribution in [0, 0.1) is 17.1 Å². The van der Waals surface area contributed by atoms with E-state index in [1.165, 1.54) is 24.3 Å². The van der Waals surface area contributed by atoms with Crippen molar-refractivity contribution in [3.63, 3.8) is 0 Å². The van der Waals surface area contributed by atoms with Crippen molar-refractivity contribution in [3.05, 3.63) is 35.6 Å². The highest BCUT2D eigenvalue weighted by Gasteiger charge is 2.49. The van der Waals surface area contributed by atoms with Crippen molar-refractivity contribution < 1.29 is 14.0 Å². The highest BCUT2D eigenvalue weighted by Crippen LogP contribution is 2.47. The van der Waals surface area contributed by atoms with Crippen LogP contribution in [0.15, 0.2) is 24.3 Å². The minimum atomic E-state index is -0.351. The van der Waals surface area contributed by atoms with E-state index in [4.69, 9.17) is 0 Å². The van der Waals surface area contributed by atoms with Gasteiger partial charge in [0.2, 0.25) is 5.91 Å². The number of likely N-dealkylation sites (tertiary alicyclic amines) is 1. The number of halogens is 1. The maximum absolute atomic E-state index is 13.1. The Morgan fingerprint density at radius 2 is 1.72 bits per heavy atom. The van der Waals surface area contributed by atoms with Gasteiger partial charge in [0, 0.05) is 23.2 Å². The van der Waals surface area contributed by atoms with Crippen molar-refractivity contribution in [1.82, 2.24) is 15.5 Å². The predicted molar refractivity (Wildman–Crippen MR) is 105 cm³/mol. The zero-order chi connectivity index (χ0) is 20.5. The van der Waals surface area contributed by atoms with Gasteiger partial charge in [-0.1, -0.05) is 0 Å². The van der Waals surface area contributed by atoms with E-state index < -0.39 is 0 Å². The molecule has 1 saturated heterocycles. The van der Waals surface area contributed by atoms with Gasteiger partial charge in [0.1, 0.15) is 11.9 Å². The predicted octanol–water partition coefficient (Wildman–Crippen LogP) is 2.51. The zero-order valence-electron chi connectivity index (χ0n) is 16.5. The number of benzene rings is 1. The Kier molecular flexibility index (Phi) is 5.30. The van der Waals surface area contributed by atoms with Crippen LogP contribution in [-0.2, 0) is 4.79 Å². The fourth-order valence-corrected chi connectivity index (χ4v) is 5.12. The van der Waals surface area contributed by atoms with Crippen LogP contribution in [0.3, 0.4) is 0 Å². The molecule has 3 saturated carbocycles. The fraction of sp³-hybridized carbons (Fsp3) is 0.591. The average molecular weight is 398 g/mol. The number of nitriles is 1. The van der Waals surface area contributed by atoms with Gasteiger partial charge in [-0.3, -0.25) is 9.59 Å². The maximum Gasteiger partial charge on any atom is 0.251 e. The Morgan fingerprint density at radius 3 is 2.34 bits per heavy atom. The van der Waals surface area contributed by atoms with Gasteiger partial charge in [-0.05, 0) is 75.6 Å². The van der Waals surface area contributed by atoms with E-state index in [-0.39, 0.29) is 41.3 Å². The molecule has 1 aromatic rings. The summed E-state index contributed by atoms with van der Waals surface area (Å²) in [5.74, 6) is -0.495. The first kappa shape index (κ1) is 19.8. The van der Waals surface area contributed by atoms with Crippen molar-refractivity contribution in [1.29, 1.82) is 5.26 Å². The van der Waals surface area contributed by atoms with Gasteiger partial charge in [-0.2, -0.15) is 5.26 Å². The number of hydrogen-bond acceptors (Lipinski definition) is 4. The Bertz CT molecular complexity index is 808. The van der Waals surface area contributed by atoms with Crippen molar-refractivity contribution >= 4 is 11.8 Å². The topological polar surface area (TPSA) is 85.2 Å². The van der Waals surface area contributed by atoms with Crippen molar-refractivity contribution in [2.24, 2.45) is 0 Å². The summed E-state index contributed by atoms with van der Waals surface area (Å²) in [4.78, 5) is 26.8. The van der Waals surface area contributed by atoms with Crippen LogP contribution in [0.25, 0.3) is 0 Å². The van der Waals surface area contributed by atoms with Gasteiger partial charge in [0.15, 0.2) is 0 Å². The van der Waals surface area contributed by atoms with E-state index in [0.717, 1.165) is 51.4 Å². The number of carbonyl (C=O) groups is 2.